The number of halogens is 2. The lowest BCUT2D eigenvalue weighted by molar-refractivity contribution is 0.235. The molecule has 1 aliphatic carbocycles. The van der Waals surface area contributed by atoms with Crippen molar-refractivity contribution in [3.8, 4) is 0 Å². The first kappa shape index (κ1) is 16.6. The zero-order chi connectivity index (χ0) is 17.2. The van der Waals surface area contributed by atoms with Crippen LogP contribution in [-0.2, 0) is 19.5 Å². The number of hydrogen-bond acceptors (Lipinski definition) is 3. The van der Waals surface area contributed by atoms with Gasteiger partial charge >= 0.3 is 0 Å². The summed E-state index contributed by atoms with van der Waals surface area (Å²) in [7, 11) is 0. The highest BCUT2D eigenvalue weighted by Gasteiger charge is 2.23. The molecule has 1 saturated carbocycles. The van der Waals surface area contributed by atoms with Crippen molar-refractivity contribution in [2.45, 2.75) is 57.5 Å². The molecular formula is C20H23F2N3. The van der Waals surface area contributed by atoms with Crippen molar-refractivity contribution in [2.75, 3.05) is 6.54 Å². The molecule has 0 bridgehead atoms. The van der Waals surface area contributed by atoms with Crippen LogP contribution in [0.2, 0.25) is 0 Å². The number of hydrogen-bond donors (Lipinski definition) is 0. The third-order valence-electron chi connectivity index (χ3n) is 5.45. The molecule has 1 aromatic carbocycles. The molecule has 25 heavy (non-hydrogen) atoms. The van der Waals surface area contributed by atoms with Crippen LogP contribution in [0.15, 0.2) is 24.4 Å². The Balaban J connectivity index is 1.48. The molecule has 5 heteroatoms. The third kappa shape index (κ3) is 3.56. The molecule has 0 amide bonds. The summed E-state index contributed by atoms with van der Waals surface area (Å²) < 4.78 is 27.7. The van der Waals surface area contributed by atoms with Crippen LogP contribution in [0.1, 0.15) is 60.7 Å². The average Bonchev–Trinajstić information content (AvgIpc) is 2.65. The lowest BCUT2D eigenvalue weighted by Crippen LogP contribution is -2.32. The second-order valence-electron chi connectivity index (χ2n) is 7.20. The van der Waals surface area contributed by atoms with E-state index in [1.807, 2.05) is 6.20 Å². The first-order chi connectivity index (χ1) is 12.2. The van der Waals surface area contributed by atoms with E-state index in [1.165, 1.54) is 50.3 Å². The monoisotopic (exact) mass is 343 g/mol. The number of aromatic nitrogens is 2. The fourth-order valence-corrected chi connectivity index (χ4v) is 3.99. The molecular weight excluding hydrogens is 320 g/mol. The predicted molar refractivity (Wildman–Crippen MR) is 92.0 cm³/mol. The molecule has 4 rings (SSSR count). The zero-order valence-corrected chi connectivity index (χ0v) is 14.3. The van der Waals surface area contributed by atoms with Crippen LogP contribution in [-0.4, -0.2) is 21.4 Å². The highest BCUT2D eigenvalue weighted by atomic mass is 19.1. The van der Waals surface area contributed by atoms with E-state index in [0.29, 0.717) is 12.5 Å². The quantitative estimate of drug-likeness (QED) is 0.829. The lowest BCUT2D eigenvalue weighted by atomic mass is 9.88. The van der Waals surface area contributed by atoms with Crippen LogP contribution >= 0.6 is 0 Å². The largest absolute Gasteiger partial charge is 0.294 e. The van der Waals surface area contributed by atoms with Crippen LogP contribution in [0.25, 0.3) is 0 Å². The Hall–Kier alpha value is -1.88. The summed E-state index contributed by atoms with van der Waals surface area (Å²) in [5, 5.41) is 0. The van der Waals surface area contributed by atoms with Gasteiger partial charge in [-0.2, -0.15) is 0 Å². The molecule has 1 fully saturated rings. The summed E-state index contributed by atoms with van der Waals surface area (Å²) in [6.07, 6.45) is 8.99. The Kier molecular flexibility index (Phi) is 4.75. The molecule has 0 radical (unpaired) electrons. The number of nitrogens with zero attached hydrogens (tertiary/aromatic N) is 3. The molecule has 3 nitrogen and oxygen atoms in total. The molecule has 132 valence electrons. The van der Waals surface area contributed by atoms with Crippen LogP contribution in [0.5, 0.6) is 0 Å². The molecule has 0 unspecified atom stereocenters. The number of fused-ring (bicyclic) bond motifs is 1. The van der Waals surface area contributed by atoms with Gasteiger partial charge in [0.15, 0.2) is 0 Å². The van der Waals surface area contributed by atoms with Crippen LogP contribution in [0.4, 0.5) is 8.78 Å². The topological polar surface area (TPSA) is 29.0 Å². The van der Waals surface area contributed by atoms with Gasteiger partial charge in [-0.05, 0) is 25.0 Å². The second-order valence-corrected chi connectivity index (χ2v) is 7.20. The summed E-state index contributed by atoms with van der Waals surface area (Å²) in [5.41, 5.74) is 2.34. The fourth-order valence-electron chi connectivity index (χ4n) is 3.99. The summed E-state index contributed by atoms with van der Waals surface area (Å²) >= 11 is 0. The van der Waals surface area contributed by atoms with Crippen molar-refractivity contribution in [2.24, 2.45) is 0 Å². The standard InChI is InChI=1S/C20H23F2N3/c21-17-7-4-8-18(22)16(17)13-25-10-9-19-15(12-25)11-23-20(24-19)14-5-2-1-3-6-14/h4,7-8,11,14H,1-3,5-6,9-10,12-13H2. The fraction of sp³-hybridized carbons (Fsp3) is 0.500. The first-order valence-corrected chi connectivity index (χ1v) is 9.20. The summed E-state index contributed by atoms with van der Waals surface area (Å²) in [6, 6.07) is 4.03. The number of rotatable bonds is 3. The van der Waals surface area contributed by atoms with E-state index >= 15 is 0 Å². The molecule has 2 heterocycles. The molecule has 0 N–H and O–H groups in total. The molecule has 1 aromatic heterocycles. The maximum atomic E-state index is 13.9. The van der Waals surface area contributed by atoms with Gasteiger partial charge in [0.05, 0.1) is 0 Å². The smallest absolute Gasteiger partial charge is 0.131 e. The van der Waals surface area contributed by atoms with Crippen LogP contribution in [0.3, 0.4) is 0 Å². The molecule has 0 spiro atoms. The minimum Gasteiger partial charge on any atom is -0.294 e. The Bertz CT molecular complexity index is 736. The number of benzene rings is 1. The van der Waals surface area contributed by atoms with Gasteiger partial charge < -0.3 is 0 Å². The predicted octanol–water partition coefficient (Wildman–Crippen LogP) is 4.36. The molecule has 2 aliphatic rings. The summed E-state index contributed by atoms with van der Waals surface area (Å²) in [4.78, 5) is 11.5. The molecule has 0 saturated heterocycles. The normalized spacial score (nSPS) is 19.0. The maximum Gasteiger partial charge on any atom is 0.131 e. The Morgan fingerprint density at radius 3 is 2.60 bits per heavy atom. The van der Waals surface area contributed by atoms with Gasteiger partial charge in [-0.3, -0.25) is 4.90 Å². The van der Waals surface area contributed by atoms with Gasteiger partial charge in [-0.1, -0.05) is 25.3 Å². The van der Waals surface area contributed by atoms with Crippen LogP contribution in [0, 0.1) is 11.6 Å². The Labute approximate surface area is 147 Å². The van der Waals surface area contributed by atoms with E-state index in [-0.39, 0.29) is 12.1 Å². The van der Waals surface area contributed by atoms with Crippen molar-refractivity contribution in [1.82, 2.24) is 14.9 Å². The molecule has 2 aromatic rings. The lowest BCUT2D eigenvalue weighted by Gasteiger charge is -2.29. The van der Waals surface area contributed by atoms with E-state index in [4.69, 9.17) is 4.98 Å². The highest BCUT2D eigenvalue weighted by molar-refractivity contribution is 5.24. The minimum absolute atomic E-state index is 0.144. The van der Waals surface area contributed by atoms with Gasteiger partial charge in [0, 0.05) is 55.0 Å². The van der Waals surface area contributed by atoms with Crippen molar-refractivity contribution in [3.05, 3.63) is 58.7 Å². The minimum atomic E-state index is -0.477. The van der Waals surface area contributed by atoms with Gasteiger partial charge in [-0.25, -0.2) is 18.7 Å². The van der Waals surface area contributed by atoms with E-state index in [0.717, 1.165) is 30.0 Å². The molecule has 1 aliphatic heterocycles. The van der Waals surface area contributed by atoms with Crippen molar-refractivity contribution in [1.29, 1.82) is 0 Å². The van der Waals surface area contributed by atoms with E-state index < -0.39 is 11.6 Å². The molecule has 0 atom stereocenters. The summed E-state index contributed by atoms with van der Waals surface area (Å²) in [5.74, 6) is 0.543. The summed E-state index contributed by atoms with van der Waals surface area (Å²) in [6.45, 7) is 1.69. The third-order valence-corrected chi connectivity index (χ3v) is 5.45. The van der Waals surface area contributed by atoms with Gasteiger partial charge in [0.2, 0.25) is 0 Å². The van der Waals surface area contributed by atoms with Gasteiger partial charge in [0.25, 0.3) is 0 Å². The van der Waals surface area contributed by atoms with Crippen molar-refractivity contribution >= 4 is 0 Å². The van der Waals surface area contributed by atoms with Gasteiger partial charge in [0.1, 0.15) is 17.5 Å². The Morgan fingerprint density at radius 2 is 1.84 bits per heavy atom. The first-order valence-electron chi connectivity index (χ1n) is 9.20. The average molecular weight is 343 g/mol. The van der Waals surface area contributed by atoms with Crippen molar-refractivity contribution < 1.29 is 8.78 Å². The maximum absolute atomic E-state index is 13.9. The van der Waals surface area contributed by atoms with E-state index in [2.05, 4.69) is 9.88 Å². The Morgan fingerprint density at radius 1 is 1.08 bits per heavy atom. The zero-order valence-electron chi connectivity index (χ0n) is 14.3. The van der Waals surface area contributed by atoms with Crippen molar-refractivity contribution in [3.63, 3.8) is 0 Å². The second kappa shape index (κ2) is 7.16. The van der Waals surface area contributed by atoms with Gasteiger partial charge in [-0.15, -0.1) is 0 Å². The highest BCUT2D eigenvalue weighted by Crippen LogP contribution is 2.31. The van der Waals surface area contributed by atoms with Crippen LogP contribution < -0.4 is 0 Å². The van der Waals surface area contributed by atoms with E-state index in [1.54, 1.807) is 0 Å². The SMILES string of the molecule is Fc1cccc(F)c1CN1CCc2nc(C3CCCCC3)ncc2C1. The van der Waals surface area contributed by atoms with E-state index in [9.17, 15) is 8.78 Å².